The summed E-state index contributed by atoms with van der Waals surface area (Å²) in [6.45, 7) is 0.329. The van der Waals surface area contributed by atoms with Gasteiger partial charge >= 0.3 is 5.97 Å². The molecular weight excluding hydrogens is 330 g/mol. The van der Waals surface area contributed by atoms with E-state index in [1.165, 1.54) is 7.11 Å². The highest BCUT2D eigenvalue weighted by Gasteiger charge is 2.11. The Morgan fingerprint density at radius 2 is 1.73 bits per heavy atom. The van der Waals surface area contributed by atoms with Gasteiger partial charge in [0, 0.05) is 36.3 Å². The molecule has 0 radical (unpaired) electrons. The second-order valence-corrected chi connectivity index (χ2v) is 5.50. The monoisotopic (exact) mass is 347 g/mol. The van der Waals surface area contributed by atoms with Crippen LogP contribution < -0.4 is 5.32 Å². The molecule has 0 fully saturated rings. The van der Waals surface area contributed by atoms with Crippen molar-refractivity contribution >= 4 is 11.9 Å². The lowest BCUT2D eigenvalue weighted by atomic mass is 10.1. The van der Waals surface area contributed by atoms with E-state index in [0.717, 1.165) is 16.8 Å². The zero-order valence-corrected chi connectivity index (χ0v) is 14.2. The first-order valence-corrected chi connectivity index (χ1v) is 8.00. The molecule has 6 heteroatoms. The lowest BCUT2D eigenvalue weighted by Crippen LogP contribution is -2.23. The van der Waals surface area contributed by atoms with Crippen LogP contribution in [0.3, 0.4) is 0 Å². The molecule has 1 amide bonds. The number of benzene rings is 1. The van der Waals surface area contributed by atoms with Crippen molar-refractivity contribution in [1.82, 2.24) is 15.3 Å². The molecular formula is C20H17N3O3. The SMILES string of the molecule is COC(=O)c1ccc(C(=O)NCc2cccnc2-c2cccnc2)cc1. The summed E-state index contributed by atoms with van der Waals surface area (Å²) in [5.41, 5.74) is 3.42. The van der Waals surface area contributed by atoms with Crippen LogP contribution in [0.5, 0.6) is 0 Å². The van der Waals surface area contributed by atoms with E-state index in [2.05, 4.69) is 20.0 Å². The molecule has 6 nitrogen and oxygen atoms in total. The third-order valence-electron chi connectivity index (χ3n) is 3.83. The summed E-state index contributed by atoms with van der Waals surface area (Å²) in [7, 11) is 1.32. The van der Waals surface area contributed by atoms with Gasteiger partial charge in [0.1, 0.15) is 0 Å². The number of carbonyl (C=O) groups excluding carboxylic acids is 2. The van der Waals surface area contributed by atoms with E-state index >= 15 is 0 Å². The van der Waals surface area contributed by atoms with Crippen LogP contribution in [0.4, 0.5) is 0 Å². The van der Waals surface area contributed by atoms with Crippen LogP contribution in [0.15, 0.2) is 67.1 Å². The largest absolute Gasteiger partial charge is 0.465 e. The van der Waals surface area contributed by atoms with E-state index in [-0.39, 0.29) is 5.91 Å². The molecule has 26 heavy (non-hydrogen) atoms. The van der Waals surface area contributed by atoms with Crippen LogP contribution in [0, 0.1) is 0 Å². The number of esters is 1. The number of methoxy groups -OCH3 is 1. The van der Waals surface area contributed by atoms with Gasteiger partial charge in [0.15, 0.2) is 0 Å². The van der Waals surface area contributed by atoms with Gasteiger partial charge in [0.05, 0.1) is 18.4 Å². The topological polar surface area (TPSA) is 81.2 Å². The van der Waals surface area contributed by atoms with Crippen LogP contribution >= 0.6 is 0 Å². The number of ether oxygens (including phenoxy) is 1. The second-order valence-electron chi connectivity index (χ2n) is 5.50. The summed E-state index contributed by atoms with van der Waals surface area (Å²) >= 11 is 0. The van der Waals surface area contributed by atoms with Gasteiger partial charge in [-0.2, -0.15) is 0 Å². The van der Waals surface area contributed by atoms with Crippen molar-refractivity contribution in [2.24, 2.45) is 0 Å². The van der Waals surface area contributed by atoms with E-state index in [1.54, 1.807) is 42.9 Å². The summed E-state index contributed by atoms with van der Waals surface area (Å²) in [5.74, 6) is -0.671. The highest BCUT2D eigenvalue weighted by atomic mass is 16.5. The fourth-order valence-corrected chi connectivity index (χ4v) is 2.50. The molecule has 1 aromatic carbocycles. The fraction of sp³-hybridized carbons (Fsp3) is 0.100. The van der Waals surface area contributed by atoms with E-state index in [1.807, 2.05) is 24.3 Å². The number of aromatic nitrogens is 2. The molecule has 0 aliphatic carbocycles. The van der Waals surface area contributed by atoms with Gasteiger partial charge in [-0.1, -0.05) is 6.07 Å². The first-order chi connectivity index (χ1) is 12.7. The van der Waals surface area contributed by atoms with Gasteiger partial charge in [0.2, 0.25) is 0 Å². The van der Waals surface area contributed by atoms with Crippen molar-refractivity contribution in [3.63, 3.8) is 0 Å². The quantitative estimate of drug-likeness (QED) is 0.718. The molecule has 0 saturated carbocycles. The number of nitrogens with zero attached hydrogens (tertiary/aromatic N) is 2. The normalized spacial score (nSPS) is 10.2. The minimum absolute atomic E-state index is 0.234. The maximum Gasteiger partial charge on any atom is 0.337 e. The maximum absolute atomic E-state index is 12.4. The molecule has 3 rings (SSSR count). The molecule has 0 aliphatic rings. The number of hydrogen-bond acceptors (Lipinski definition) is 5. The van der Waals surface area contributed by atoms with Gasteiger partial charge in [-0.15, -0.1) is 0 Å². The fourth-order valence-electron chi connectivity index (χ4n) is 2.50. The maximum atomic E-state index is 12.4. The zero-order chi connectivity index (χ0) is 18.4. The van der Waals surface area contributed by atoms with E-state index in [9.17, 15) is 9.59 Å². The average molecular weight is 347 g/mol. The smallest absolute Gasteiger partial charge is 0.337 e. The molecule has 0 aliphatic heterocycles. The second kappa shape index (κ2) is 8.02. The van der Waals surface area contributed by atoms with Crippen LogP contribution in [-0.2, 0) is 11.3 Å². The molecule has 3 aromatic rings. The van der Waals surface area contributed by atoms with Gasteiger partial charge in [-0.05, 0) is 48.0 Å². The van der Waals surface area contributed by atoms with E-state index in [4.69, 9.17) is 0 Å². The Bertz CT molecular complexity index is 909. The molecule has 130 valence electrons. The Hall–Kier alpha value is -3.54. The molecule has 0 unspecified atom stereocenters. The van der Waals surface area contributed by atoms with Crippen molar-refractivity contribution in [3.8, 4) is 11.3 Å². The summed E-state index contributed by atoms with van der Waals surface area (Å²) < 4.78 is 4.65. The number of amides is 1. The number of carbonyl (C=O) groups is 2. The van der Waals surface area contributed by atoms with Gasteiger partial charge < -0.3 is 10.1 Å². The molecule has 2 heterocycles. The molecule has 0 bridgehead atoms. The van der Waals surface area contributed by atoms with Crippen LogP contribution in [0.1, 0.15) is 26.3 Å². The van der Waals surface area contributed by atoms with Gasteiger partial charge in [-0.25, -0.2) is 4.79 Å². The van der Waals surface area contributed by atoms with Crippen LogP contribution in [0.25, 0.3) is 11.3 Å². The third kappa shape index (κ3) is 3.92. The molecule has 1 N–H and O–H groups in total. The molecule has 0 saturated heterocycles. The van der Waals surface area contributed by atoms with Crippen molar-refractivity contribution in [1.29, 1.82) is 0 Å². The summed E-state index contributed by atoms with van der Waals surface area (Å²) in [5, 5.41) is 2.87. The summed E-state index contributed by atoms with van der Waals surface area (Å²) in [4.78, 5) is 32.3. The number of pyridine rings is 2. The predicted octanol–water partition coefficient (Wildman–Crippen LogP) is 2.86. The lowest BCUT2D eigenvalue weighted by Gasteiger charge is -2.10. The molecule has 0 atom stereocenters. The van der Waals surface area contributed by atoms with Crippen molar-refractivity contribution < 1.29 is 14.3 Å². The first-order valence-electron chi connectivity index (χ1n) is 8.00. The summed E-state index contributed by atoms with van der Waals surface area (Å²) in [6.07, 6.45) is 5.14. The van der Waals surface area contributed by atoms with Crippen molar-refractivity contribution in [3.05, 3.63) is 83.8 Å². The first kappa shape index (κ1) is 17.3. The van der Waals surface area contributed by atoms with Gasteiger partial charge in [-0.3, -0.25) is 14.8 Å². The highest BCUT2D eigenvalue weighted by molar-refractivity contribution is 5.96. The Morgan fingerprint density at radius 1 is 1.00 bits per heavy atom. The Morgan fingerprint density at radius 3 is 2.42 bits per heavy atom. The molecule has 2 aromatic heterocycles. The Labute approximate surface area is 150 Å². The number of hydrogen-bond donors (Lipinski definition) is 1. The standard InChI is InChI=1S/C20H17N3O3/c1-26-20(25)15-8-6-14(7-9-15)19(24)23-13-17-5-3-11-22-18(17)16-4-2-10-21-12-16/h2-12H,13H2,1H3,(H,23,24). The predicted molar refractivity (Wildman–Crippen MR) is 96.4 cm³/mol. The third-order valence-corrected chi connectivity index (χ3v) is 3.83. The Balaban J connectivity index is 1.72. The van der Waals surface area contributed by atoms with Crippen molar-refractivity contribution in [2.45, 2.75) is 6.54 Å². The van der Waals surface area contributed by atoms with Crippen molar-refractivity contribution in [2.75, 3.05) is 7.11 Å². The zero-order valence-electron chi connectivity index (χ0n) is 14.2. The highest BCUT2D eigenvalue weighted by Crippen LogP contribution is 2.19. The van der Waals surface area contributed by atoms with Gasteiger partial charge in [0.25, 0.3) is 5.91 Å². The van der Waals surface area contributed by atoms with Crippen LogP contribution in [-0.4, -0.2) is 29.0 Å². The van der Waals surface area contributed by atoms with Crippen LogP contribution in [0.2, 0.25) is 0 Å². The lowest BCUT2D eigenvalue weighted by molar-refractivity contribution is 0.0600. The summed E-state index contributed by atoms with van der Waals surface area (Å²) in [6, 6.07) is 13.8. The number of rotatable bonds is 5. The molecule has 0 spiro atoms. The van der Waals surface area contributed by atoms with E-state index < -0.39 is 5.97 Å². The minimum atomic E-state index is -0.437. The van der Waals surface area contributed by atoms with E-state index in [0.29, 0.717) is 17.7 Å². The average Bonchev–Trinajstić information content (AvgIpc) is 2.72. The minimum Gasteiger partial charge on any atom is -0.465 e. The number of nitrogens with one attached hydrogen (secondary N) is 1. The Kier molecular flexibility index (Phi) is 5.34.